The Morgan fingerprint density at radius 1 is 1.18 bits per heavy atom. The van der Waals surface area contributed by atoms with Gasteiger partial charge in [-0.05, 0) is 30.7 Å². The molecule has 2 amide bonds. The van der Waals surface area contributed by atoms with Gasteiger partial charge >= 0.3 is 0 Å². The average Bonchev–Trinajstić information content (AvgIpc) is 2.75. The Labute approximate surface area is 162 Å². The number of hydrogen-bond donors (Lipinski definition) is 3. The van der Waals surface area contributed by atoms with Crippen molar-refractivity contribution in [2.24, 2.45) is 0 Å². The van der Waals surface area contributed by atoms with Gasteiger partial charge in [0.1, 0.15) is 6.04 Å². The number of rotatable bonds is 4. The van der Waals surface area contributed by atoms with Gasteiger partial charge in [-0.15, -0.1) is 10.2 Å². The number of morpholine rings is 1. The summed E-state index contributed by atoms with van der Waals surface area (Å²) in [6, 6.07) is 10.9. The largest absolute Gasteiger partial charge is 0.378 e. The van der Waals surface area contributed by atoms with Crippen LogP contribution in [0.4, 0.5) is 11.5 Å². The Morgan fingerprint density at radius 2 is 2.04 bits per heavy atom. The van der Waals surface area contributed by atoms with Crippen LogP contribution in [0.1, 0.15) is 12.8 Å². The third-order valence-electron chi connectivity index (χ3n) is 4.77. The molecule has 9 heteroatoms. The number of benzene rings is 1. The molecule has 1 aromatic carbocycles. The highest BCUT2D eigenvalue weighted by atomic mass is 16.5. The molecule has 3 N–H and O–H groups in total. The molecule has 9 nitrogen and oxygen atoms in total. The number of aromatic nitrogens is 2. The summed E-state index contributed by atoms with van der Waals surface area (Å²) in [6.45, 7) is 3.02. The molecule has 2 aliphatic heterocycles. The number of ether oxygens (including phenoxy) is 1. The molecule has 1 atom stereocenters. The Bertz CT molecular complexity index is 841. The zero-order chi connectivity index (χ0) is 19.3. The molecular formula is C19H22N6O3. The summed E-state index contributed by atoms with van der Waals surface area (Å²) < 4.78 is 5.36. The number of carbonyl (C=O) groups excluding carboxylic acids is 2. The monoisotopic (exact) mass is 382 g/mol. The van der Waals surface area contributed by atoms with Crippen molar-refractivity contribution in [3.63, 3.8) is 0 Å². The normalized spacial score (nSPS) is 19.8. The summed E-state index contributed by atoms with van der Waals surface area (Å²) in [7, 11) is 0. The summed E-state index contributed by atoms with van der Waals surface area (Å²) >= 11 is 0. The molecule has 146 valence electrons. The Morgan fingerprint density at radius 3 is 2.75 bits per heavy atom. The molecule has 3 heterocycles. The molecular weight excluding hydrogens is 360 g/mol. The SMILES string of the molecule is O=C1CCC(C(=O)Nc2cccc(-c3ccc(N4CCOCC4)nn3)c2)NN1. The van der Waals surface area contributed by atoms with E-state index in [-0.39, 0.29) is 11.8 Å². The van der Waals surface area contributed by atoms with Gasteiger partial charge in [0.25, 0.3) is 0 Å². The molecule has 0 radical (unpaired) electrons. The van der Waals surface area contributed by atoms with Crippen molar-refractivity contribution in [1.82, 2.24) is 21.0 Å². The molecule has 2 saturated heterocycles. The highest BCUT2D eigenvalue weighted by Crippen LogP contribution is 2.22. The third kappa shape index (κ3) is 4.26. The Hall–Kier alpha value is -3.04. The maximum Gasteiger partial charge on any atom is 0.243 e. The average molecular weight is 382 g/mol. The van der Waals surface area contributed by atoms with Crippen LogP contribution in [0.5, 0.6) is 0 Å². The first-order chi connectivity index (χ1) is 13.7. The van der Waals surface area contributed by atoms with Gasteiger partial charge in [-0.2, -0.15) is 0 Å². The van der Waals surface area contributed by atoms with Crippen LogP contribution >= 0.6 is 0 Å². The lowest BCUT2D eigenvalue weighted by atomic mass is 10.1. The zero-order valence-corrected chi connectivity index (χ0v) is 15.4. The maximum absolute atomic E-state index is 12.4. The van der Waals surface area contributed by atoms with Gasteiger partial charge < -0.3 is 15.0 Å². The van der Waals surface area contributed by atoms with Crippen molar-refractivity contribution in [2.45, 2.75) is 18.9 Å². The quantitative estimate of drug-likeness (QED) is 0.714. The minimum absolute atomic E-state index is 0.106. The summed E-state index contributed by atoms with van der Waals surface area (Å²) in [4.78, 5) is 25.7. The van der Waals surface area contributed by atoms with Crippen molar-refractivity contribution in [2.75, 3.05) is 36.5 Å². The van der Waals surface area contributed by atoms with Crippen LogP contribution in [0.15, 0.2) is 36.4 Å². The number of nitrogens with one attached hydrogen (secondary N) is 3. The number of carbonyl (C=O) groups is 2. The third-order valence-corrected chi connectivity index (χ3v) is 4.77. The van der Waals surface area contributed by atoms with E-state index in [1.54, 1.807) is 0 Å². The van der Waals surface area contributed by atoms with Crippen LogP contribution in [0.2, 0.25) is 0 Å². The minimum atomic E-state index is -0.450. The lowest BCUT2D eigenvalue weighted by molar-refractivity contribution is -0.126. The van der Waals surface area contributed by atoms with Crippen LogP contribution in [0.25, 0.3) is 11.3 Å². The van der Waals surface area contributed by atoms with Crippen LogP contribution in [-0.4, -0.2) is 54.4 Å². The van der Waals surface area contributed by atoms with E-state index in [1.165, 1.54) is 0 Å². The molecule has 0 aliphatic carbocycles. The summed E-state index contributed by atoms with van der Waals surface area (Å²) in [5.74, 6) is 0.540. The van der Waals surface area contributed by atoms with Crippen LogP contribution in [-0.2, 0) is 14.3 Å². The lowest BCUT2D eigenvalue weighted by Gasteiger charge is -2.27. The van der Waals surface area contributed by atoms with Crippen LogP contribution < -0.4 is 21.1 Å². The van der Waals surface area contributed by atoms with E-state index in [1.807, 2.05) is 36.4 Å². The smallest absolute Gasteiger partial charge is 0.243 e. The number of amides is 2. The molecule has 2 fully saturated rings. The van der Waals surface area contributed by atoms with Gasteiger partial charge in [-0.1, -0.05) is 12.1 Å². The number of anilines is 2. The van der Waals surface area contributed by atoms with E-state index in [2.05, 4.69) is 31.3 Å². The van der Waals surface area contributed by atoms with Crippen molar-refractivity contribution in [1.29, 1.82) is 0 Å². The summed E-state index contributed by atoms with van der Waals surface area (Å²) in [5.41, 5.74) is 7.48. The standard InChI is InChI=1S/C19H22N6O3/c26-18-7-5-16(22-24-18)19(27)20-14-3-1-2-13(12-14)15-4-6-17(23-21-15)25-8-10-28-11-9-25/h1-4,6,12,16,22H,5,7-11H2,(H,20,27)(H,24,26). The topological polar surface area (TPSA) is 108 Å². The van der Waals surface area contributed by atoms with Gasteiger partial charge in [0, 0.05) is 30.8 Å². The van der Waals surface area contributed by atoms with E-state index >= 15 is 0 Å². The van der Waals surface area contributed by atoms with E-state index in [0.717, 1.165) is 30.2 Å². The highest BCUT2D eigenvalue weighted by Gasteiger charge is 2.24. The van der Waals surface area contributed by atoms with E-state index in [0.29, 0.717) is 31.7 Å². The zero-order valence-electron chi connectivity index (χ0n) is 15.4. The predicted molar refractivity (Wildman–Crippen MR) is 103 cm³/mol. The lowest BCUT2D eigenvalue weighted by Crippen LogP contribution is -2.54. The fourth-order valence-electron chi connectivity index (χ4n) is 3.20. The van der Waals surface area contributed by atoms with E-state index < -0.39 is 6.04 Å². The fourth-order valence-corrected chi connectivity index (χ4v) is 3.20. The summed E-state index contributed by atoms with van der Waals surface area (Å²) in [5, 5.41) is 11.5. The first kappa shape index (κ1) is 18.3. The highest BCUT2D eigenvalue weighted by molar-refractivity contribution is 5.96. The molecule has 0 saturated carbocycles. The Kier molecular flexibility index (Phi) is 5.45. The molecule has 28 heavy (non-hydrogen) atoms. The van der Waals surface area contributed by atoms with Gasteiger partial charge in [-0.25, -0.2) is 5.43 Å². The van der Waals surface area contributed by atoms with E-state index in [4.69, 9.17) is 4.74 Å². The second kappa shape index (κ2) is 8.32. The van der Waals surface area contributed by atoms with Crippen molar-refractivity contribution in [3.05, 3.63) is 36.4 Å². The van der Waals surface area contributed by atoms with Gasteiger partial charge in [0.2, 0.25) is 11.8 Å². The molecule has 1 aromatic heterocycles. The second-order valence-corrected chi connectivity index (χ2v) is 6.73. The van der Waals surface area contributed by atoms with E-state index in [9.17, 15) is 9.59 Å². The molecule has 1 unspecified atom stereocenters. The fraction of sp³-hybridized carbons (Fsp3) is 0.368. The number of hydrazine groups is 1. The first-order valence-corrected chi connectivity index (χ1v) is 9.31. The molecule has 0 spiro atoms. The minimum Gasteiger partial charge on any atom is -0.378 e. The van der Waals surface area contributed by atoms with Crippen molar-refractivity contribution in [3.8, 4) is 11.3 Å². The van der Waals surface area contributed by atoms with Crippen LogP contribution in [0.3, 0.4) is 0 Å². The maximum atomic E-state index is 12.4. The van der Waals surface area contributed by atoms with Crippen LogP contribution in [0, 0.1) is 0 Å². The van der Waals surface area contributed by atoms with Gasteiger partial charge in [0.05, 0.1) is 18.9 Å². The second-order valence-electron chi connectivity index (χ2n) is 6.73. The first-order valence-electron chi connectivity index (χ1n) is 9.31. The van der Waals surface area contributed by atoms with Crippen molar-refractivity contribution < 1.29 is 14.3 Å². The van der Waals surface area contributed by atoms with Crippen molar-refractivity contribution >= 4 is 23.3 Å². The Balaban J connectivity index is 1.43. The molecule has 0 bridgehead atoms. The predicted octanol–water partition coefficient (Wildman–Crippen LogP) is 0.702. The van der Waals surface area contributed by atoms with Gasteiger partial charge in [-0.3, -0.25) is 15.0 Å². The van der Waals surface area contributed by atoms with Gasteiger partial charge in [0.15, 0.2) is 5.82 Å². The summed E-state index contributed by atoms with van der Waals surface area (Å²) in [6.07, 6.45) is 0.794. The number of hydrogen-bond acceptors (Lipinski definition) is 7. The molecule has 2 aromatic rings. The number of nitrogens with zero attached hydrogens (tertiary/aromatic N) is 3. The molecule has 2 aliphatic rings. The molecule has 4 rings (SSSR count).